The number of aliphatic carboxylic acids is 6. The summed E-state index contributed by atoms with van der Waals surface area (Å²) in [6, 6.07) is 0. The van der Waals surface area contributed by atoms with Crippen molar-refractivity contribution in [1.82, 2.24) is 0 Å². The first-order valence-electron chi connectivity index (χ1n) is 3.26. The van der Waals surface area contributed by atoms with Gasteiger partial charge >= 0.3 is 107 Å². The second-order valence-corrected chi connectivity index (χ2v) is 1.78. The number of rotatable bonds is 0. The van der Waals surface area contributed by atoms with E-state index in [1.54, 1.807) is 0 Å². The van der Waals surface area contributed by atoms with Crippen molar-refractivity contribution in [2.75, 3.05) is 0 Å². The Morgan fingerprint density at radius 3 is 0.565 bits per heavy atom. The van der Waals surface area contributed by atoms with Gasteiger partial charge in [-0.1, -0.05) is 0 Å². The van der Waals surface area contributed by atoms with Crippen LogP contribution in [0.25, 0.3) is 0 Å². The van der Waals surface area contributed by atoms with Gasteiger partial charge in [0.15, 0.2) is 17.9 Å². The molecule has 0 atom stereocenters. The van der Waals surface area contributed by atoms with Gasteiger partial charge in [-0.25, -0.2) is 14.4 Å². The minimum absolute atomic E-state index is 0. The Morgan fingerprint density at radius 2 is 0.565 bits per heavy atom. The average molecular weight is 410 g/mol. The van der Waals surface area contributed by atoms with Gasteiger partial charge in [-0.05, 0) is 0 Å². The predicted octanol–water partition coefficient (Wildman–Crippen LogP) is -16.4. The topological polar surface area (TPSA) is 264 Å². The molecule has 17 heteroatoms. The van der Waals surface area contributed by atoms with Crippen molar-refractivity contribution in [3.8, 4) is 0 Å². The van der Waals surface area contributed by atoms with Gasteiger partial charge in [-0.15, -0.1) is 0 Å². The quantitative estimate of drug-likeness (QED) is 0.248. The first-order chi connectivity index (χ1) is 7.93. The first-order valence-corrected chi connectivity index (χ1v) is 3.26. The number of carbonyl (C=O) groups is 6. The molecule has 0 radical (unpaired) electrons. The molecule has 0 aromatic carbocycles. The van der Waals surface area contributed by atoms with Gasteiger partial charge in [-0.3, -0.25) is 0 Å². The molecule has 0 amide bonds. The van der Waals surface area contributed by atoms with Crippen LogP contribution in [0.5, 0.6) is 0 Å². The molecule has 118 valence electrons. The van der Waals surface area contributed by atoms with E-state index in [9.17, 15) is 0 Å². The van der Waals surface area contributed by atoms with Gasteiger partial charge in [0, 0.05) is 17.1 Å². The Bertz CT molecular complexity index is 291. The number of carbonyl (C=O) groups excluding carboxylic acids is 3. The second kappa shape index (κ2) is 30.2. The van der Waals surface area contributed by atoms with Crippen molar-refractivity contribution in [1.29, 1.82) is 0 Å². The number of hydrogen-bond acceptors (Lipinski definition) is 9. The van der Waals surface area contributed by atoms with Crippen LogP contribution in [0.2, 0.25) is 0 Å². The van der Waals surface area contributed by atoms with Gasteiger partial charge in [0.1, 0.15) is 0 Å². The molecule has 0 aliphatic rings. The van der Waals surface area contributed by atoms with E-state index in [-0.39, 0.29) is 111 Å². The molecule has 0 spiro atoms. The average Bonchev–Trinajstić information content (AvgIpc) is 2.18. The van der Waals surface area contributed by atoms with Crippen molar-refractivity contribution in [3.63, 3.8) is 0 Å². The third-order valence-electron chi connectivity index (χ3n) is 0.524. The van der Waals surface area contributed by atoms with E-state index in [1.807, 2.05) is 0 Å². The molecule has 0 saturated carbocycles. The maximum Gasteiger partial charge on any atom is 1.00 e. The van der Waals surface area contributed by atoms with Crippen LogP contribution in [-0.2, 0) is 45.8 Å². The van der Waals surface area contributed by atoms with Crippen molar-refractivity contribution in [2.45, 2.75) is 0 Å². The Labute approximate surface area is 204 Å². The Kier molecular flexibility index (Phi) is 65.0. The summed E-state index contributed by atoms with van der Waals surface area (Å²) in [6.45, 7) is 0. The smallest absolute Gasteiger partial charge is 0.539 e. The van der Waals surface area contributed by atoms with E-state index in [0.29, 0.717) is 0 Å². The van der Waals surface area contributed by atoms with Crippen molar-refractivity contribution in [3.05, 3.63) is 0 Å². The van der Waals surface area contributed by atoms with Gasteiger partial charge < -0.3 is 50.5 Å². The fraction of sp³-hybridized carbons (Fsp3) is 0. The molecule has 0 saturated heterocycles. The molecule has 0 heterocycles. The summed E-state index contributed by atoms with van der Waals surface area (Å²) in [5.41, 5.74) is 0. The van der Waals surface area contributed by atoms with Crippen LogP contribution in [0, 0.1) is 0 Å². The molecule has 0 fully saturated rings. The van der Waals surface area contributed by atoms with Crippen LogP contribution in [0.4, 0.5) is 0 Å². The molecule has 5 N–H and O–H groups in total. The summed E-state index contributed by atoms with van der Waals surface area (Å²) in [6.07, 6.45) is 0. The predicted molar refractivity (Wildman–Crippen MR) is 41.5 cm³/mol. The van der Waals surface area contributed by atoms with Gasteiger partial charge in [0.25, 0.3) is 0 Å². The van der Waals surface area contributed by atoms with E-state index >= 15 is 0 Å². The Balaban J connectivity index is -0.0000000221. The first kappa shape index (κ1) is 49.5. The minimum Gasteiger partial charge on any atom is -0.539 e. The molecule has 0 aliphatic heterocycles. The van der Waals surface area contributed by atoms with Crippen LogP contribution in [0.1, 0.15) is 0 Å². The van der Waals surface area contributed by atoms with Crippen LogP contribution in [0.3, 0.4) is 0 Å². The molecule has 0 aliphatic carbocycles. The normalized spacial score (nSPS) is 5.74. The fourth-order valence-electron chi connectivity index (χ4n) is 0. The third kappa shape index (κ3) is 60.7. The standard InChI is InChI=1S/3C2H2O4.Fe.3Na.H2O/c3*3-1(4)2(5)6;;;;;/h3*(H,3,4)(H,5,6);;;;;1H2/q;;;;3*+1;/p-3. The van der Waals surface area contributed by atoms with Crippen molar-refractivity contribution in [2.24, 2.45) is 0 Å². The summed E-state index contributed by atoms with van der Waals surface area (Å²) >= 11 is 0. The molecule has 0 aromatic rings. The van der Waals surface area contributed by atoms with Crippen molar-refractivity contribution >= 4 is 35.8 Å². The van der Waals surface area contributed by atoms with E-state index in [1.165, 1.54) is 0 Å². The summed E-state index contributed by atoms with van der Waals surface area (Å²) < 4.78 is 0. The summed E-state index contributed by atoms with van der Waals surface area (Å²) in [5.74, 6) is -12.0. The Morgan fingerprint density at radius 1 is 0.522 bits per heavy atom. The van der Waals surface area contributed by atoms with E-state index in [0.717, 1.165) is 0 Å². The minimum atomic E-state index is -2.07. The van der Waals surface area contributed by atoms with E-state index < -0.39 is 35.8 Å². The summed E-state index contributed by atoms with van der Waals surface area (Å²) in [5, 5.41) is 49.0. The summed E-state index contributed by atoms with van der Waals surface area (Å²) in [4.78, 5) is 54.1. The zero-order valence-corrected chi connectivity index (χ0v) is 19.0. The number of carboxylic acids is 6. The van der Waals surface area contributed by atoms with Gasteiger partial charge in [-0.2, -0.15) is 0 Å². The fourth-order valence-corrected chi connectivity index (χ4v) is 0. The van der Waals surface area contributed by atoms with Crippen LogP contribution in [-0.4, -0.2) is 56.6 Å². The molecule has 0 rings (SSSR count). The SMILES string of the molecule is O.O=C([O-])C(=O)O.O=C([O-])C(=O)O.O=C([O-])C(=O)O.[Fe].[Na+].[Na+].[Na+]. The number of hydrogen-bond donors (Lipinski definition) is 3. The van der Waals surface area contributed by atoms with Gasteiger partial charge in [0.2, 0.25) is 0 Å². The van der Waals surface area contributed by atoms with Crippen LogP contribution >= 0.6 is 0 Å². The molecule has 13 nitrogen and oxygen atoms in total. The van der Waals surface area contributed by atoms with Crippen LogP contribution in [0.15, 0.2) is 0 Å². The molecule has 0 aromatic heterocycles. The zero-order chi connectivity index (χ0) is 15.5. The second-order valence-electron chi connectivity index (χ2n) is 1.78. The third-order valence-corrected chi connectivity index (χ3v) is 0.524. The number of carboxylic acid groups (broad SMARTS) is 6. The van der Waals surface area contributed by atoms with E-state index in [4.69, 9.17) is 59.4 Å². The van der Waals surface area contributed by atoms with Gasteiger partial charge in [0.05, 0.1) is 0 Å². The zero-order valence-electron chi connectivity index (χ0n) is 11.9. The van der Waals surface area contributed by atoms with E-state index in [2.05, 4.69) is 0 Å². The maximum absolute atomic E-state index is 9.04. The molecule has 0 bridgehead atoms. The van der Waals surface area contributed by atoms with Crippen LogP contribution < -0.4 is 104 Å². The summed E-state index contributed by atoms with van der Waals surface area (Å²) in [7, 11) is 0. The Hall–Kier alpha value is 0.299. The molecule has 23 heavy (non-hydrogen) atoms. The monoisotopic (exact) mass is 410 g/mol. The molecular formula is C6H5FeNa3O13. The molecule has 0 unspecified atom stereocenters. The largest absolute Gasteiger partial charge is 1.00 e. The van der Waals surface area contributed by atoms with Crippen molar-refractivity contribution < 1.29 is 171 Å². The maximum atomic E-state index is 9.04. The molecular weight excluding hydrogens is 405 g/mol.